The first-order valence-electron chi connectivity index (χ1n) is 7.64. The lowest BCUT2D eigenvalue weighted by atomic mass is 10.1. The highest BCUT2D eigenvalue weighted by Gasteiger charge is 2.21. The van der Waals surface area contributed by atoms with Gasteiger partial charge in [0.05, 0.1) is 6.54 Å². The van der Waals surface area contributed by atoms with Gasteiger partial charge >= 0.3 is 0 Å². The number of carbonyl (C=O) groups is 2. The molecule has 1 aromatic carbocycles. The van der Waals surface area contributed by atoms with Gasteiger partial charge in [-0.2, -0.15) is 4.98 Å². The molecule has 0 radical (unpaired) electrons. The normalized spacial score (nSPS) is 10.8. The summed E-state index contributed by atoms with van der Waals surface area (Å²) >= 11 is 0. The Hall–Kier alpha value is -3.29. The van der Waals surface area contributed by atoms with Crippen LogP contribution in [0.4, 0.5) is 0 Å². The fraction of sp³-hybridized carbons (Fsp3) is 0.235. The second-order valence-electron chi connectivity index (χ2n) is 5.82. The molecule has 0 bridgehead atoms. The van der Waals surface area contributed by atoms with Crippen LogP contribution in [0.5, 0.6) is 5.75 Å². The minimum absolute atomic E-state index is 0.0118. The number of aromatic nitrogens is 4. The molecule has 3 aromatic rings. The molecular weight excluding hydrogens is 322 g/mol. The summed E-state index contributed by atoms with van der Waals surface area (Å²) in [6.07, 6.45) is 0. The number of fused-ring (bicyclic) bond motifs is 1. The fourth-order valence-electron chi connectivity index (χ4n) is 2.45. The molecule has 1 N–H and O–H groups in total. The zero-order valence-corrected chi connectivity index (χ0v) is 14.1. The van der Waals surface area contributed by atoms with Crippen LogP contribution in [-0.4, -0.2) is 54.9 Å². The lowest BCUT2D eigenvalue weighted by Gasteiger charge is -2.14. The minimum Gasteiger partial charge on any atom is -0.508 e. The number of nitrogens with zero attached hydrogens (tertiary/aromatic N) is 5. The summed E-state index contributed by atoms with van der Waals surface area (Å²) in [4.78, 5) is 34.4. The Kier molecular flexibility index (Phi) is 4.18. The van der Waals surface area contributed by atoms with Crippen molar-refractivity contribution in [1.29, 1.82) is 0 Å². The number of hydrogen-bond acceptors (Lipinski definition) is 6. The zero-order valence-electron chi connectivity index (χ0n) is 14.1. The van der Waals surface area contributed by atoms with Gasteiger partial charge in [0.15, 0.2) is 5.78 Å². The smallest absolute Gasteiger partial charge is 0.293 e. The quantitative estimate of drug-likeness (QED) is 0.721. The first kappa shape index (κ1) is 16.6. The second-order valence-corrected chi connectivity index (χ2v) is 5.82. The third-order valence-electron chi connectivity index (χ3n) is 3.73. The summed E-state index contributed by atoms with van der Waals surface area (Å²) in [5.74, 6) is -0.297. The van der Waals surface area contributed by atoms with E-state index in [1.807, 2.05) is 19.9 Å². The van der Waals surface area contributed by atoms with Gasteiger partial charge in [-0.25, -0.2) is 9.50 Å². The number of ketones is 1. The monoisotopic (exact) mass is 339 g/mol. The van der Waals surface area contributed by atoms with Crippen LogP contribution in [0.15, 0.2) is 30.3 Å². The summed E-state index contributed by atoms with van der Waals surface area (Å²) in [6, 6.07) is 7.71. The molecule has 25 heavy (non-hydrogen) atoms. The number of benzene rings is 1. The Morgan fingerprint density at radius 3 is 2.52 bits per heavy atom. The number of rotatable bonds is 4. The highest BCUT2D eigenvalue weighted by molar-refractivity contribution is 6.01. The number of hydrogen-bond donors (Lipinski definition) is 1. The largest absolute Gasteiger partial charge is 0.508 e. The Bertz CT molecular complexity index is 962. The Morgan fingerprint density at radius 1 is 1.16 bits per heavy atom. The van der Waals surface area contributed by atoms with E-state index in [0.29, 0.717) is 11.3 Å². The molecular formula is C17H17N5O3. The van der Waals surface area contributed by atoms with Gasteiger partial charge < -0.3 is 10.0 Å². The predicted molar refractivity (Wildman–Crippen MR) is 89.7 cm³/mol. The molecule has 0 aliphatic heterocycles. The molecule has 8 nitrogen and oxygen atoms in total. The minimum atomic E-state index is -0.463. The molecule has 0 atom stereocenters. The van der Waals surface area contributed by atoms with E-state index >= 15 is 0 Å². The molecule has 2 aromatic heterocycles. The first-order chi connectivity index (χ1) is 11.8. The van der Waals surface area contributed by atoms with Crippen LogP contribution in [0.1, 0.15) is 32.4 Å². The van der Waals surface area contributed by atoms with Crippen molar-refractivity contribution >= 4 is 17.5 Å². The Morgan fingerprint density at radius 2 is 1.84 bits per heavy atom. The lowest BCUT2D eigenvalue weighted by molar-refractivity contribution is 0.0738. The summed E-state index contributed by atoms with van der Waals surface area (Å²) in [6.45, 7) is 3.57. The average molecular weight is 339 g/mol. The molecule has 3 rings (SSSR count). The van der Waals surface area contributed by atoms with Gasteiger partial charge in [-0.3, -0.25) is 9.59 Å². The molecule has 0 aliphatic carbocycles. The van der Waals surface area contributed by atoms with Gasteiger partial charge in [-0.05, 0) is 44.2 Å². The van der Waals surface area contributed by atoms with Crippen molar-refractivity contribution in [3.8, 4) is 5.75 Å². The first-order valence-corrected chi connectivity index (χ1v) is 7.64. The SMILES string of the molecule is Cc1cc(C)n2nc(C(=O)N(C)CC(=O)c3ccc(O)cc3)nc2n1. The predicted octanol–water partition coefficient (Wildman–Crippen LogP) is 1.40. The molecule has 0 unspecified atom stereocenters. The molecule has 0 saturated carbocycles. The summed E-state index contributed by atoms with van der Waals surface area (Å²) in [5, 5.41) is 13.4. The lowest BCUT2D eigenvalue weighted by Crippen LogP contribution is -2.32. The van der Waals surface area contributed by atoms with Crippen molar-refractivity contribution in [3.05, 3.63) is 53.1 Å². The number of aromatic hydroxyl groups is 1. The van der Waals surface area contributed by atoms with Gasteiger partial charge in [0.25, 0.3) is 11.7 Å². The number of aryl methyl sites for hydroxylation is 2. The van der Waals surface area contributed by atoms with E-state index in [4.69, 9.17) is 0 Å². The molecule has 0 spiro atoms. The van der Waals surface area contributed by atoms with Crippen LogP contribution in [0.25, 0.3) is 5.78 Å². The highest BCUT2D eigenvalue weighted by atomic mass is 16.3. The van der Waals surface area contributed by atoms with Crippen molar-refractivity contribution in [2.24, 2.45) is 0 Å². The van der Waals surface area contributed by atoms with E-state index in [-0.39, 0.29) is 23.9 Å². The number of Topliss-reactive ketones (excluding diaryl/α,β-unsaturated/α-hetero) is 1. The van der Waals surface area contributed by atoms with Crippen LogP contribution in [0, 0.1) is 13.8 Å². The maximum atomic E-state index is 12.5. The van der Waals surface area contributed by atoms with E-state index in [9.17, 15) is 14.7 Å². The van der Waals surface area contributed by atoms with Crippen LogP contribution in [-0.2, 0) is 0 Å². The van der Waals surface area contributed by atoms with E-state index in [1.54, 1.807) is 0 Å². The summed E-state index contributed by atoms with van der Waals surface area (Å²) < 4.78 is 1.50. The number of likely N-dealkylation sites (N-methyl/N-ethyl adjacent to an activating group) is 1. The molecule has 0 saturated heterocycles. The van der Waals surface area contributed by atoms with E-state index < -0.39 is 5.91 Å². The van der Waals surface area contributed by atoms with Gasteiger partial charge in [0, 0.05) is 24.0 Å². The third kappa shape index (κ3) is 3.32. The van der Waals surface area contributed by atoms with Gasteiger partial charge in [-0.15, -0.1) is 5.10 Å². The van der Waals surface area contributed by atoms with Crippen LogP contribution < -0.4 is 0 Å². The van der Waals surface area contributed by atoms with Gasteiger partial charge in [-0.1, -0.05) is 0 Å². The highest BCUT2D eigenvalue weighted by Crippen LogP contribution is 2.11. The molecule has 0 fully saturated rings. The van der Waals surface area contributed by atoms with E-state index in [0.717, 1.165) is 11.4 Å². The molecule has 1 amide bonds. The van der Waals surface area contributed by atoms with Crippen molar-refractivity contribution < 1.29 is 14.7 Å². The van der Waals surface area contributed by atoms with Crippen molar-refractivity contribution in [2.75, 3.05) is 13.6 Å². The van der Waals surface area contributed by atoms with Gasteiger partial charge in [0.2, 0.25) is 5.82 Å². The Balaban J connectivity index is 1.79. The van der Waals surface area contributed by atoms with Gasteiger partial charge in [0.1, 0.15) is 5.75 Å². The number of amides is 1. The van der Waals surface area contributed by atoms with Crippen LogP contribution >= 0.6 is 0 Å². The Labute approximate surface area is 143 Å². The van der Waals surface area contributed by atoms with Crippen molar-refractivity contribution in [3.63, 3.8) is 0 Å². The van der Waals surface area contributed by atoms with Crippen LogP contribution in [0.2, 0.25) is 0 Å². The summed E-state index contributed by atoms with van der Waals surface area (Å²) in [7, 11) is 1.51. The maximum absolute atomic E-state index is 12.5. The molecule has 2 heterocycles. The number of phenols is 1. The third-order valence-corrected chi connectivity index (χ3v) is 3.73. The average Bonchev–Trinajstić information content (AvgIpc) is 2.98. The van der Waals surface area contributed by atoms with Crippen molar-refractivity contribution in [2.45, 2.75) is 13.8 Å². The molecule has 128 valence electrons. The molecule has 0 aliphatic rings. The molecule has 8 heteroatoms. The number of phenolic OH excluding ortho intramolecular Hbond substituents is 1. The second kappa shape index (κ2) is 6.31. The standard InChI is InChI=1S/C17H17N5O3/c1-10-8-11(2)22-17(18-10)19-15(20-22)16(25)21(3)9-14(24)12-4-6-13(23)7-5-12/h4-8,23H,9H2,1-3H3. The summed E-state index contributed by atoms with van der Waals surface area (Å²) in [5.41, 5.74) is 2.01. The van der Waals surface area contributed by atoms with E-state index in [1.165, 1.54) is 40.7 Å². The van der Waals surface area contributed by atoms with E-state index in [2.05, 4.69) is 15.1 Å². The maximum Gasteiger partial charge on any atom is 0.293 e. The fourth-order valence-corrected chi connectivity index (χ4v) is 2.45. The topological polar surface area (TPSA) is 101 Å². The van der Waals surface area contributed by atoms with Crippen LogP contribution in [0.3, 0.4) is 0 Å². The zero-order chi connectivity index (χ0) is 18.1. The number of carbonyl (C=O) groups excluding carboxylic acids is 2. The van der Waals surface area contributed by atoms with Crippen molar-refractivity contribution in [1.82, 2.24) is 24.5 Å².